The third-order valence-electron chi connectivity index (χ3n) is 3.66. The largest absolute Gasteiger partial charge is 0.465 e. The van der Waals surface area contributed by atoms with Gasteiger partial charge in [0.15, 0.2) is 0 Å². The fraction of sp³-hybridized carbons (Fsp3) is 0.400. The Labute approximate surface area is 122 Å². The second-order valence-corrected chi connectivity index (χ2v) is 5.06. The minimum absolute atomic E-state index is 0.155. The van der Waals surface area contributed by atoms with E-state index in [4.69, 9.17) is 5.73 Å². The molecule has 6 heteroatoms. The number of carbonyl (C=O) groups is 3. The monoisotopic (exact) mass is 290 g/mol. The van der Waals surface area contributed by atoms with Gasteiger partial charge in [-0.25, -0.2) is 4.79 Å². The predicted molar refractivity (Wildman–Crippen MR) is 75.6 cm³/mol. The van der Waals surface area contributed by atoms with Crippen molar-refractivity contribution in [1.29, 1.82) is 0 Å². The van der Waals surface area contributed by atoms with Crippen molar-refractivity contribution in [3.05, 3.63) is 35.4 Å². The summed E-state index contributed by atoms with van der Waals surface area (Å²) in [6.45, 7) is 0.967. The molecule has 112 valence electrons. The zero-order valence-corrected chi connectivity index (χ0v) is 11.9. The minimum Gasteiger partial charge on any atom is -0.465 e. The van der Waals surface area contributed by atoms with Crippen molar-refractivity contribution >= 4 is 17.8 Å². The van der Waals surface area contributed by atoms with Gasteiger partial charge in [-0.05, 0) is 37.1 Å². The number of likely N-dealkylation sites (tertiary alicyclic amines) is 1. The smallest absolute Gasteiger partial charge is 0.337 e. The second kappa shape index (κ2) is 6.39. The highest BCUT2D eigenvalue weighted by molar-refractivity contribution is 5.96. The molecule has 0 aliphatic carbocycles. The van der Waals surface area contributed by atoms with Crippen LogP contribution in [0.1, 0.15) is 33.6 Å². The van der Waals surface area contributed by atoms with Crippen LogP contribution in [0, 0.1) is 5.92 Å². The van der Waals surface area contributed by atoms with Crippen molar-refractivity contribution in [3.63, 3.8) is 0 Å². The highest BCUT2D eigenvalue weighted by Gasteiger charge is 2.27. The number of nitrogens with zero attached hydrogens (tertiary/aromatic N) is 1. The zero-order chi connectivity index (χ0) is 15.4. The molecule has 2 amide bonds. The number of carbonyl (C=O) groups excluding carboxylic acids is 3. The van der Waals surface area contributed by atoms with Gasteiger partial charge in [0.05, 0.1) is 18.6 Å². The van der Waals surface area contributed by atoms with E-state index in [2.05, 4.69) is 4.74 Å². The molecule has 1 aliphatic heterocycles. The maximum atomic E-state index is 12.4. The molecule has 2 rings (SSSR count). The highest BCUT2D eigenvalue weighted by atomic mass is 16.5. The van der Waals surface area contributed by atoms with Crippen LogP contribution in [0.15, 0.2) is 24.3 Å². The third-order valence-corrected chi connectivity index (χ3v) is 3.66. The van der Waals surface area contributed by atoms with Gasteiger partial charge in [-0.15, -0.1) is 0 Å². The summed E-state index contributed by atoms with van der Waals surface area (Å²) in [4.78, 5) is 36.6. The molecule has 21 heavy (non-hydrogen) atoms. The van der Waals surface area contributed by atoms with Gasteiger partial charge >= 0.3 is 5.97 Å². The predicted octanol–water partition coefficient (Wildman–Crippen LogP) is 0.811. The lowest BCUT2D eigenvalue weighted by Crippen LogP contribution is -2.44. The number of hydrogen-bond acceptors (Lipinski definition) is 4. The molecule has 0 spiro atoms. The van der Waals surface area contributed by atoms with Crippen molar-refractivity contribution in [2.24, 2.45) is 11.7 Å². The van der Waals surface area contributed by atoms with Crippen LogP contribution in [0.3, 0.4) is 0 Å². The standard InChI is InChI=1S/C15H18N2O4/c1-21-15(20)11-6-4-10(5-7-11)14(19)17-8-2-3-12(9-17)13(16)18/h4-7,12H,2-3,8-9H2,1H3,(H2,16,18). The first-order valence-electron chi connectivity index (χ1n) is 6.80. The maximum Gasteiger partial charge on any atom is 0.337 e. The molecular weight excluding hydrogens is 272 g/mol. The number of primary amides is 1. The zero-order valence-electron chi connectivity index (χ0n) is 11.9. The Hall–Kier alpha value is -2.37. The average Bonchev–Trinajstić information content (AvgIpc) is 2.53. The second-order valence-electron chi connectivity index (χ2n) is 5.06. The summed E-state index contributed by atoms with van der Waals surface area (Å²) in [6.07, 6.45) is 1.49. The van der Waals surface area contributed by atoms with Crippen molar-refractivity contribution in [2.45, 2.75) is 12.8 Å². The molecule has 1 fully saturated rings. The van der Waals surface area contributed by atoms with Crippen LogP contribution in [-0.2, 0) is 9.53 Å². The minimum atomic E-state index is -0.444. The molecule has 1 saturated heterocycles. The van der Waals surface area contributed by atoms with Crippen LogP contribution in [0.2, 0.25) is 0 Å². The molecule has 0 saturated carbocycles. The molecule has 2 N–H and O–H groups in total. The summed E-state index contributed by atoms with van der Waals surface area (Å²) < 4.78 is 4.61. The Balaban J connectivity index is 2.09. The quantitative estimate of drug-likeness (QED) is 0.834. The number of esters is 1. The van der Waals surface area contributed by atoms with Crippen molar-refractivity contribution in [2.75, 3.05) is 20.2 Å². The maximum absolute atomic E-state index is 12.4. The van der Waals surface area contributed by atoms with Gasteiger partial charge in [0, 0.05) is 18.7 Å². The van der Waals surface area contributed by atoms with Crippen LogP contribution < -0.4 is 5.73 Å². The Morgan fingerprint density at radius 2 is 1.81 bits per heavy atom. The molecule has 1 aliphatic rings. The van der Waals surface area contributed by atoms with E-state index in [9.17, 15) is 14.4 Å². The highest BCUT2D eigenvalue weighted by Crippen LogP contribution is 2.18. The van der Waals surface area contributed by atoms with Crippen LogP contribution in [-0.4, -0.2) is 42.9 Å². The third kappa shape index (κ3) is 3.39. The van der Waals surface area contributed by atoms with E-state index >= 15 is 0 Å². The van der Waals surface area contributed by atoms with E-state index in [1.54, 1.807) is 29.2 Å². The molecular formula is C15H18N2O4. The first kappa shape index (κ1) is 15.0. The van der Waals surface area contributed by atoms with Crippen molar-refractivity contribution in [1.82, 2.24) is 4.90 Å². The fourth-order valence-corrected chi connectivity index (χ4v) is 2.44. The lowest BCUT2D eigenvalue weighted by Gasteiger charge is -2.31. The summed E-state index contributed by atoms with van der Waals surface area (Å²) in [5.41, 5.74) is 6.18. The van der Waals surface area contributed by atoms with E-state index in [0.29, 0.717) is 24.2 Å². The Bertz CT molecular complexity index is 553. The number of rotatable bonds is 3. The van der Waals surface area contributed by atoms with Crippen LogP contribution in [0.25, 0.3) is 0 Å². The molecule has 1 unspecified atom stereocenters. The average molecular weight is 290 g/mol. The van der Waals surface area contributed by atoms with Crippen molar-refractivity contribution in [3.8, 4) is 0 Å². The molecule has 0 radical (unpaired) electrons. The lowest BCUT2D eigenvalue weighted by molar-refractivity contribution is -0.123. The first-order valence-corrected chi connectivity index (χ1v) is 6.80. The van der Waals surface area contributed by atoms with E-state index in [1.165, 1.54) is 7.11 Å². The molecule has 0 aromatic heterocycles. The van der Waals surface area contributed by atoms with E-state index in [-0.39, 0.29) is 17.7 Å². The Morgan fingerprint density at radius 3 is 2.38 bits per heavy atom. The van der Waals surface area contributed by atoms with Crippen molar-refractivity contribution < 1.29 is 19.1 Å². The first-order chi connectivity index (χ1) is 10.0. The summed E-state index contributed by atoms with van der Waals surface area (Å²) >= 11 is 0. The van der Waals surface area contributed by atoms with E-state index in [0.717, 1.165) is 12.8 Å². The summed E-state index contributed by atoms with van der Waals surface area (Å²) in [5.74, 6) is -1.25. The number of nitrogens with two attached hydrogens (primary N) is 1. The summed E-state index contributed by atoms with van der Waals surface area (Å²) in [5, 5.41) is 0. The molecule has 1 heterocycles. The SMILES string of the molecule is COC(=O)c1ccc(C(=O)N2CCCC(C(N)=O)C2)cc1. The van der Waals surface area contributed by atoms with Gasteiger partial charge in [-0.3, -0.25) is 9.59 Å². The molecule has 0 bridgehead atoms. The number of ether oxygens (including phenoxy) is 1. The lowest BCUT2D eigenvalue weighted by atomic mass is 9.97. The Morgan fingerprint density at radius 1 is 1.19 bits per heavy atom. The normalized spacial score (nSPS) is 18.1. The van der Waals surface area contributed by atoms with Crippen LogP contribution in [0.5, 0.6) is 0 Å². The molecule has 1 aromatic carbocycles. The molecule has 1 atom stereocenters. The van der Waals surface area contributed by atoms with Gasteiger partial charge in [-0.2, -0.15) is 0 Å². The van der Waals surface area contributed by atoms with Gasteiger partial charge < -0.3 is 15.4 Å². The van der Waals surface area contributed by atoms with Gasteiger partial charge in [-0.1, -0.05) is 0 Å². The van der Waals surface area contributed by atoms with Gasteiger partial charge in [0.25, 0.3) is 5.91 Å². The number of benzene rings is 1. The Kier molecular flexibility index (Phi) is 4.57. The van der Waals surface area contributed by atoms with E-state index < -0.39 is 5.97 Å². The van der Waals surface area contributed by atoms with Crippen LogP contribution >= 0.6 is 0 Å². The number of amides is 2. The van der Waals surface area contributed by atoms with Gasteiger partial charge in [0.2, 0.25) is 5.91 Å². The topological polar surface area (TPSA) is 89.7 Å². The molecule has 6 nitrogen and oxygen atoms in total. The van der Waals surface area contributed by atoms with E-state index in [1.807, 2.05) is 0 Å². The van der Waals surface area contributed by atoms with Crippen LogP contribution in [0.4, 0.5) is 0 Å². The fourth-order valence-electron chi connectivity index (χ4n) is 2.44. The summed E-state index contributed by atoms with van der Waals surface area (Å²) in [6, 6.07) is 6.27. The van der Waals surface area contributed by atoms with Gasteiger partial charge in [0.1, 0.15) is 0 Å². The number of piperidine rings is 1. The number of hydrogen-bond donors (Lipinski definition) is 1. The molecule has 1 aromatic rings. The summed E-state index contributed by atoms with van der Waals surface area (Å²) in [7, 11) is 1.30. The number of methoxy groups -OCH3 is 1.